The lowest BCUT2D eigenvalue weighted by atomic mass is 10.1. The van der Waals surface area contributed by atoms with Crippen LogP contribution in [0.25, 0.3) is 0 Å². The zero-order chi connectivity index (χ0) is 39.3. The zero-order valence-corrected chi connectivity index (χ0v) is 35.4. The van der Waals surface area contributed by atoms with E-state index in [2.05, 4.69) is 79.9 Å². The van der Waals surface area contributed by atoms with E-state index < -0.39 is 20.0 Å². The first-order valence-corrected chi connectivity index (χ1v) is 22.3. The lowest BCUT2D eigenvalue weighted by molar-refractivity contribution is -0.870. The van der Waals surface area contributed by atoms with Crippen LogP contribution in [0.1, 0.15) is 149 Å². The highest BCUT2D eigenvalue weighted by atomic mass is 31.2. The van der Waals surface area contributed by atoms with Gasteiger partial charge >= 0.3 is 7.82 Å². The van der Waals surface area contributed by atoms with Gasteiger partial charge in [0, 0.05) is 6.42 Å². The highest BCUT2D eigenvalue weighted by Crippen LogP contribution is 2.43. The Morgan fingerprint density at radius 1 is 0.660 bits per heavy atom. The number of unbranched alkanes of at least 4 members (excludes halogenated alkanes) is 13. The average molecular weight is 764 g/mol. The monoisotopic (exact) mass is 764 g/mol. The maximum absolute atomic E-state index is 12.8. The van der Waals surface area contributed by atoms with Crippen LogP contribution in [0.5, 0.6) is 0 Å². The summed E-state index contributed by atoms with van der Waals surface area (Å²) in [5.74, 6) is -0.213. The molecule has 0 radical (unpaired) electrons. The van der Waals surface area contributed by atoms with Crippen molar-refractivity contribution >= 4 is 13.7 Å². The van der Waals surface area contributed by atoms with E-state index >= 15 is 0 Å². The van der Waals surface area contributed by atoms with Gasteiger partial charge in [0.05, 0.1) is 39.9 Å². The van der Waals surface area contributed by atoms with E-state index in [1.54, 1.807) is 6.08 Å². The van der Waals surface area contributed by atoms with Gasteiger partial charge in [-0.3, -0.25) is 13.8 Å². The van der Waals surface area contributed by atoms with Crippen LogP contribution in [0.2, 0.25) is 0 Å². The highest BCUT2D eigenvalue weighted by Gasteiger charge is 2.27. The topological polar surface area (TPSA) is 105 Å². The molecule has 9 heteroatoms. The zero-order valence-electron chi connectivity index (χ0n) is 34.5. The van der Waals surface area contributed by atoms with Crippen molar-refractivity contribution in [2.45, 2.75) is 161 Å². The molecular formula is C44H80N2O6P+. The van der Waals surface area contributed by atoms with Gasteiger partial charge in [0.25, 0.3) is 0 Å². The summed E-state index contributed by atoms with van der Waals surface area (Å²) in [6.07, 6.45) is 46.8. The first kappa shape index (κ1) is 50.9. The smallest absolute Gasteiger partial charge is 0.387 e. The number of rotatable bonds is 36. The molecule has 0 heterocycles. The molecule has 0 aliphatic carbocycles. The van der Waals surface area contributed by atoms with Gasteiger partial charge in [-0.25, -0.2) is 4.57 Å². The van der Waals surface area contributed by atoms with Crippen LogP contribution in [0.4, 0.5) is 0 Å². The Bertz CT molecular complexity index is 1090. The number of hydrogen-bond acceptors (Lipinski definition) is 5. The van der Waals surface area contributed by atoms with Crippen LogP contribution in [0.15, 0.2) is 72.9 Å². The summed E-state index contributed by atoms with van der Waals surface area (Å²) in [6, 6.07) is -0.880. The normalized spacial score (nSPS) is 15.2. The van der Waals surface area contributed by atoms with Crippen LogP contribution in [0, 0.1) is 0 Å². The minimum Gasteiger partial charge on any atom is -0.387 e. The van der Waals surface area contributed by atoms with Crippen LogP contribution >= 0.6 is 7.82 Å². The molecule has 0 fully saturated rings. The third-order valence-corrected chi connectivity index (χ3v) is 9.62. The molecule has 0 rings (SSSR count). The van der Waals surface area contributed by atoms with Crippen molar-refractivity contribution in [3.8, 4) is 0 Å². The number of aliphatic hydroxyl groups is 1. The van der Waals surface area contributed by atoms with Crippen LogP contribution < -0.4 is 5.32 Å². The molecule has 0 aromatic heterocycles. The molecule has 0 saturated carbocycles. The Labute approximate surface area is 325 Å². The Morgan fingerprint density at radius 3 is 1.74 bits per heavy atom. The minimum absolute atomic E-state index is 0.0462. The third-order valence-electron chi connectivity index (χ3n) is 8.64. The number of aliphatic hydroxyl groups excluding tert-OH is 1. The van der Waals surface area contributed by atoms with Gasteiger partial charge in [-0.05, 0) is 77.0 Å². The number of likely N-dealkylation sites (N-methyl/N-ethyl adjacent to an activating group) is 1. The lowest BCUT2D eigenvalue weighted by Gasteiger charge is -2.25. The Balaban J connectivity index is 4.61. The van der Waals surface area contributed by atoms with E-state index in [1.165, 1.54) is 44.9 Å². The molecule has 306 valence electrons. The number of phosphoric ester groups is 1. The molecule has 0 aliphatic heterocycles. The van der Waals surface area contributed by atoms with Crippen LogP contribution in [0.3, 0.4) is 0 Å². The average Bonchev–Trinajstić information content (AvgIpc) is 3.10. The molecular weight excluding hydrogens is 683 g/mol. The van der Waals surface area contributed by atoms with E-state index in [-0.39, 0.29) is 19.1 Å². The second kappa shape index (κ2) is 35.6. The molecule has 3 atom stereocenters. The van der Waals surface area contributed by atoms with Gasteiger partial charge in [0.1, 0.15) is 13.2 Å². The standard InChI is InChI=1S/C44H79N2O6P/c1-6-8-10-12-14-16-18-20-22-24-25-27-29-31-33-35-37-43(47)42(41-52-53(49,50)51-40-39-46(3,4)5)45-44(48)38-36-34-32-30-28-26-23-21-19-17-15-13-11-9-7-2/h9,11,15,17,20-23,27,29,35,37,42-43,47H,6-8,10,12-14,16,18-19,24-26,28,30-34,36,38-41H2,1-5H3,(H-,45,48,49,50)/p+1/b11-9-,17-15-,22-20+,23-21-,29-27+,37-35+. The third kappa shape index (κ3) is 38.0. The first-order chi connectivity index (χ1) is 25.5. The minimum atomic E-state index is -4.35. The molecule has 0 aromatic carbocycles. The molecule has 0 saturated heterocycles. The summed E-state index contributed by atoms with van der Waals surface area (Å²) in [7, 11) is 1.52. The number of phosphoric acid groups is 1. The largest absolute Gasteiger partial charge is 0.472 e. The van der Waals surface area contributed by atoms with Crippen molar-refractivity contribution in [3.63, 3.8) is 0 Å². The molecule has 8 nitrogen and oxygen atoms in total. The predicted octanol–water partition coefficient (Wildman–Crippen LogP) is 11.2. The fourth-order valence-corrected chi connectivity index (χ4v) is 6.06. The molecule has 3 N–H and O–H groups in total. The SMILES string of the molecule is CC/C=C\C/C=C\C/C=C\CCCCCCCC(=O)NC(COP(=O)(O)OCC[N+](C)(C)C)C(O)/C=C/CC/C=C/CC/C=C/CCCCCCCC. The number of hydrogen-bond donors (Lipinski definition) is 3. The number of amides is 1. The molecule has 0 bridgehead atoms. The van der Waals surface area contributed by atoms with Gasteiger partial charge in [0.15, 0.2) is 0 Å². The van der Waals surface area contributed by atoms with Gasteiger partial charge in [-0.15, -0.1) is 0 Å². The molecule has 0 aliphatic rings. The van der Waals surface area contributed by atoms with E-state index in [9.17, 15) is 19.4 Å². The second-order valence-corrected chi connectivity index (χ2v) is 16.4. The number of nitrogens with zero attached hydrogens (tertiary/aromatic N) is 1. The summed E-state index contributed by atoms with van der Waals surface area (Å²) < 4.78 is 23.5. The number of allylic oxidation sites excluding steroid dienone is 11. The summed E-state index contributed by atoms with van der Waals surface area (Å²) >= 11 is 0. The van der Waals surface area contributed by atoms with Crippen LogP contribution in [-0.2, 0) is 18.4 Å². The Kier molecular flexibility index (Phi) is 34.2. The summed E-state index contributed by atoms with van der Waals surface area (Å²) in [5.41, 5.74) is 0. The molecule has 0 spiro atoms. The van der Waals surface area contributed by atoms with E-state index in [4.69, 9.17) is 9.05 Å². The first-order valence-electron chi connectivity index (χ1n) is 20.8. The number of quaternary nitrogens is 1. The highest BCUT2D eigenvalue weighted by molar-refractivity contribution is 7.47. The van der Waals surface area contributed by atoms with Gasteiger partial charge < -0.3 is 19.8 Å². The predicted molar refractivity (Wildman–Crippen MR) is 226 cm³/mol. The van der Waals surface area contributed by atoms with Crippen molar-refractivity contribution in [3.05, 3.63) is 72.9 Å². The summed E-state index contributed by atoms with van der Waals surface area (Å²) in [6.45, 7) is 4.62. The summed E-state index contributed by atoms with van der Waals surface area (Å²) in [4.78, 5) is 23.0. The number of nitrogens with one attached hydrogen (secondary N) is 1. The van der Waals surface area contributed by atoms with Crippen molar-refractivity contribution in [1.29, 1.82) is 0 Å². The van der Waals surface area contributed by atoms with Crippen LogP contribution in [-0.4, -0.2) is 73.4 Å². The van der Waals surface area contributed by atoms with Crippen molar-refractivity contribution in [2.75, 3.05) is 40.9 Å². The number of carbonyl (C=O) groups excluding carboxylic acids is 1. The van der Waals surface area contributed by atoms with E-state index in [0.717, 1.165) is 83.5 Å². The lowest BCUT2D eigenvalue weighted by Crippen LogP contribution is -2.45. The Morgan fingerprint density at radius 2 is 1.15 bits per heavy atom. The van der Waals surface area contributed by atoms with Gasteiger partial charge in [0.2, 0.25) is 5.91 Å². The van der Waals surface area contributed by atoms with E-state index in [1.807, 2.05) is 27.2 Å². The quantitative estimate of drug-likeness (QED) is 0.0254. The maximum atomic E-state index is 12.8. The molecule has 3 unspecified atom stereocenters. The van der Waals surface area contributed by atoms with Gasteiger partial charge in [-0.2, -0.15) is 0 Å². The maximum Gasteiger partial charge on any atom is 0.472 e. The fraction of sp³-hybridized carbons (Fsp3) is 0.705. The fourth-order valence-electron chi connectivity index (χ4n) is 5.32. The number of carbonyl (C=O) groups is 1. The summed E-state index contributed by atoms with van der Waals surface area (Å²) in [5, 5.41) is 13.8. The Hall–Kier alpha value is -2.06. The van der Waals surface area contributed by atoms with Gasteiger partial charge in [-0.1, -0.05) is 138 Å². The molecule has 1 amide bonds. The van der Waals surface area contributed by atoms with Crippen molar-refractivity contribution < 1.29 is 32.9 Å². The van der Waals surface area contributed by atoms with Crippen molar-refractivity contribution in [2.24, 2.45) is 0 Å². The molecule has 0 aromatic rings. The van der Waals surface area contributed by atoms with Crippen molar-refractivity contribution in [1.82, 2.24) is 5.32 Å². The molecule has 53 heavy (non-hydrogen) atoms. The van der Waals surface area contributed by atoms with E-state index in [0.29, 0.717) is 17.4 Å². The second-order valence-electron chi connectivity index (χ2n) is 15.0.